The molecule has 2 aromatic carbocycles. The summed E-state index contributed by atoms with van der Waals surface area (Å²) in [6.45, 7) is 5.09. The fourth-order valence-electron chi connectivity index (χ4n) is 4.62. The highest BCUT2D eigenvalue weighted by atomic mass is 19.1. The molecule has 3 heterocycles. The zero-order valence-electron chi connectivity index (χ0n) is 17.5. The molecule has 6 nitrogen and oxygen atoms in total. The van der Waals surface area contributed by atoms with Gasteiger partial charge in [-0.15, -0.1) is 0 Å². The van der Waals surface area contributed by atoms with Crippen LogP contribution in [-0.2, 0) is 4.79 Å². The van der Waals surface area contributed by atoms with E-state index < -0.39 is 0 Å². The number of halogens is 1. The summed E-state index contributed by atoms with van der Waals surface area (Å²) in [6.07, 6.45) is 2.07. The van der Waals surface area contributed by atoms with Crippen molar-refractivity contribution in [2.75, 3.05) is 50.7 Å². The van der Waals surface area contributed by atoms with Crippen LogP contribution in [0.15, 0.2) is 52.9 Å². The quantitative estimate of drug-likeness (QED) is 0.644. The molecular weight excluding hydrogens is 395 g/mol. The van der Waals surface area contributed by atoms with Crippen molar-refractivity contribution >= 4 is 22.7 Å². The minimum Gasteiger partial charge on any atom is -0.440 e. The first-order valence-electron chi connectivity index (χ1n) is 11.0. The Balaban J connectivity index is 1.15. The number of piperazine rings is 1. The molecule has 1 unspecified atom stereocenters. The summed E-state index contributed by atoms with van der Waals surface area (Å²) in [5.74, 6) is 0.961. The van der Waals surface area contributed by atoms with Crippen LogP contribution in [0.5, 0.6) is 0 Å². The molecule has 0 aliphatic carbocycles. The summed E-state index contributed by atoms with van der Waals surface area (Å²) in [5, 5.41) is 0. The van der Waals surface area contributed by atoms with Crippen LogP contribution in [-0.4, -0.2) is 66.5 Å². The van der Waals surface area contributed by atoms with Crippen LogP contribution < -0.4 is 4.90 Å². The monoisotopic (exact) mass is 422 g/mol. The van der Waals surface area contributed by atoms with E-state index in [0.29, 0.717) is 19.6 Å². The standard InChI is InChI=1S/C24H27FN4O2/c25-19-7-9-20(10-8-19)28-12-14-29(15-13-28)23(30)17-27-11-3-4-18(16-27)24-26-21-5-1-2-6-22(21)31-24/h1-2,5-10,18H,3-4,11-17H2. The summed E-state index contributed by atoms with van der Waals surface area (Å²) in [7, 11) is 0. The van der Waals surface area contributed by atoms with Crippen molar-refractivity contribution in [2.24, 2.45) is 0 Å². The molecule has 0 bridgehead atoms. The van der Waals surface area contributed by atoms with Crippen LogP contribution in [0.2, 0.25) is 0 Å². The first kappa shape index (κ1) is 20.0. The van der Waals surface area contributed by atoms with Crippen LogP contribution in [0.25, 0.3) is 11.1 Å². The van der Waals surface area contributed by atoms with Crippen molar-refractivity contribution in [3.05, 3.63) is 60.2 Å². The molecule has 2 aliphatic heterocycles. The maximum Gasteiger partial charge on any atom is 0.236 e. The normalized spacial score (nSPS) is 20.4. The van der Waals surface area contributed by atoms with Gasteiger partial charge in [0.05, 0.1) is 6.54 Å². The van der Waals surface area contributed by atoms with E-state index in [-0.39, 0.29) is 17.6 Å². The van der Waals surface area contributed by atoms with E-state index in [0.717, 1.165) is 61.7 Å². The molecule has 0 radical (unpaired) electrons. The number of fused-ring (bicyclic) bond motifs is 1. The van der Waals surface area contributed by atoms with E-state index in [1.54, 1.807) is 12.1 Å². The van der Waals surface area contributed by atoms with Crippen molar-refractivity contribution < 1.29 is 13.6 Å². The molecule has 0 spiro atoms. The molecule has 1 atom stereocenters. The number of likely N-dealkylation sites (tertiary alicyclic amines) is 1. The SMILES string of the molecule is O=C(CN1CCCC(c2nc3ccccc3o2)C1)N1CCN(c2ccc(F)cc2)CC1. The summed E-state index contributed by atoms with van der Waals surface area (Å²) in [4.78, 5) is 24.0. The molecule has 0 saturated carbocycles. The van der Waals surface area contributed by atoms with Gasteiger partial charge in [-0.25, -0.2) is 9.37 Å². The number of oxazole rings is 1. The maximum atomic E-state index is 13.1. The second-order valence-electron chi connectivity index (χ2n) is 8.44. The first-order chi connectivity index (χ1) is 15.2. The third kappa shape index (κ3) is 4.42. The predicted molar refractivity (Wildman–Crippen MR) is 118 cm³/mol. The van der Waals surface area contributed by atoms with Gasteiger partial charge in [0.1, 0.15) is 11.3 Å². The van der Waals surface area contributed by atoms with Crippen molar-refractivity contribution in [1.29, 1.82) is 0 Å². The van der Waals surface area contributed by atoms with Gasteiger partial charge in [-0.2, -0.15) is 0 Å². The minimum absolute atomic E-state index is 0.178. The van der Waals surface area contributed by atoms with Gasteiger partial charge in [0, 0.05) is 44.3 Å². The van der Waals surface area contributed by atoms with E-state index in [1.807, 2.05) is 29.2 Å². The molecule has 5 rings (SSSR count). The van der Waals surface area contributed by atoms with Crippen LogP contribution in [0.4, 0.5) is 10.1 Å². The summed E-state index contributed by atoms with van der Waals surface area (Å²) < 4.78 is 19.1. The highest BCUT2D eigenvalue weighted by Gasteiger charge is 2.28. The molecule has 1 amide bonds. The molecule has 2 aliphatic rings. The van der Waals surface area contributed by atoms with Gasteiger partial charge in [-0.1, -0.05) is 12.1 Å². The lowest BCUT2D eigenvalue weighted by atomic mass is 9.98. The van der Waals surface area contributed by atoms with E-state index in [1.165, 1.54) is 12.1 Å². The fourth-order valence-corrected chi connectivity index (χ4v) is 4.62. The van der Waals surface area contributed by atoms with Crippen molar-refractivity contribution in [3.63, 3.8) is 0 Å². The molecule has 0 N–H and O–H groups in total. The highest BCUT2D eigenvalue weighted by Crippen LogP contribution is 2.29. The summed E-state index contributed by atoms with van der Waals surface area (Å²) in [6, 6.07) is 14.4. The third-order valence-corrected chi connectivity index (χ3v) is 6.35. The third-order valence-electron chi connectivity index (χ3n) is 6.35. The first-order valence-corrected chi connectivity index (χ1v) is 11.0. The maximum absolute atomic E-state index is 13.1. The molecule has 3 aromatic rings. The number of hydrogen-bond donors (Lipinski definition) is 0. The number of aromatic nitrogens is 1. The average molecular weight is 423 g/mol. The zero-order valence-corrected chi connectivity index (χ0v) is 17.5. The second-order valence-corrected chi connectivity index (χ2v) is 8.44. The molecule has 31 heavy (non-hydrogen) atoms. The van der Waals surface area contributed by atoms with Crippen LogP contribution in [0.3, 0.4) is 0 Å². The number of amides is 1. The number of anilines is 1. The van der Waals surface area contributed by atoms with Gasteiger partial charge in [0.2, 0.25) is 5.91 Å². The number of rotatable bonds is 4. The largest absolute Gasteiger partial charge is 0.440 e. The Morgan fingerprint density at radius 3 is 2.58 bits per heavy atom. The smallest absolute Gasteiger partial charge is 0.236 e. The average Bonchev–Trinajstić information content (AvgIpc) is 3.24. The second kappa shape index (κ2) is 8.67. The molecular formula is C24H27FN4O2. The number of benzene rings is 2. The molecule has 162 valence electrons. The molecule has 7 heteroatoms. The number of carbonyl (C=O) groups is 1. The Bertz CT molecular complexity index is 1010. The Kier molecular flexibility index (Phi) is 5.59. The fraction of sp³-hybridized carbons (Fsp3) is 0.417. The van der Waals surface area contributed by atoms with Gasteiger partial charge < -0.3 is 14.2 Å². The summed E-state index contributed by atoms with van der Waals surface area (Å²) in [5.41, 5.74) is 2.72. The predicted octanol–water partition coefficient (Wildman–Crippen LogP) is 3.50. The van der Waals surface area contributed by atoms with E-state index in [2.05, 4.69) is 14.8 Å². The van der Waals surface area contributed by atoms with Gasteiger partial charge in [0.25, 0.3) is 0 Å². The molecule has 1 aromatic heterocycles. The van der Waals surface area contributed by atoms with Gasteiger partial charge in [0.15, 0.2) is 11.5 Å². The number of para-hydroxylation sites is 2. The minimum atomic E-state index is -0.227. The van der Waals surface area contributed by atoms with Crippen molar-refractivity contribution in [2.45, 2.75) is 18.8 Å². The van der Waals surface area contributed by atoms with Gasteiger partial charge in [-0.05, 0) is 55.8 Å². The number of hydrogen-bond acceptors (Lipinski definition) is 5. The Labute approximate surface area is 181 Å². The van der Waals surface area contributed by atoms with E-state index in [4.69, 9.17) is 4.42 Å². The van der Waals surface area contributed by atoms with Crippen LogP contribution >= 0.6 is 0 Å². The lowest BCUT2D eigenvalue weighted by molar-refractivity contribution is -0.133. The lowest BCUT2D eigenvalue weighted by Gasteiger charge is -2.38. The van der Waals surface area contributed by atoms with Crippen molar-refractivity contribution in [1.82, 2.24) is 14.8 Å². The van der Waals surface area contributed by atoms with Gasteiger partial charge in [-0.3, -0.25) is 9.69 Å². The Morgan fingerprint density at radius 1 is 1.03 bits per heavy atom. The number of carbonyl (C=O) groups excluding carboxylic acids is 1. The van der Waals surface area contributed by atoms with Crippen LogP contribution in [0, 0.1) is 5.82 Å². The number of piperidine rings is 1. The van der Waals surface area contributed by atoms with E-state index in [9.17, 15) is 9.18 Å². The number of nitrogens with zero attached hydrogens (tertiary/aromatic N) is 4. The van der Waals surface area contributed by atoms with E-state index >= 15 is 0 Å². The topological polar surface area (TPSA) is 52.8 Å². The zero-order chi connectivity index (χ0) is 21.2. The van der Waals surface area contributed by atoms with Crippen LogP contribution in [0.1, 0.15) is 24.7 Å². The lowest BCUT2D eigenvalue weighted by Crippen LogP contribution is -2.52. The van der Waals surface area contributed by atoms with Crippen molar-refractivity contribution in [3.8, 4) is 0 Å². The molecule has 2 fully saturated rings. The highest BCUT2D eigenvalue weighted by molar-refractivity contribution is 5.78. The Hall–Kier alpha value is -2.93. The summed E-state index contributed by atoms with van der Waals surface area (Å²) >= 11 is 0. The Morgan fingerprint density at radius 2 is 1.81 bits per heavy atom. The molecule has 2 saturated heterocycles. The van der Waals surface area contributed by atoms with Gasteiger partial charge >= 0.3 is 0 Å².